The van der Waals surface area contributed by atoms with Gasteiger partial charge in [0.25, 0.3) is 0 Å². The summed E-state index contributed by atoms with van der Waals surface area (Å²) in [5.41, 5.74) is 8.31. The number of imidazole rings is 2. The van der Waals surface area contributed by atoms with E-state index >= 15 is 0 Å². The van der Waals surface area contributed by atoms with Crippen LogP contribution in [0, 0.1) is 13.8 Å². The monoisotopic (exact) mass is 602 g/mol. The van der Waals surface area contributed by atoms with Gasteiger partial charge in [-0.05, 0) is 12.1 Å². The zero-order valence-electron chi connectivity index (χ0n) is 19.8. The lowest BCUT2D eigenvalue weighted by molar-refractivity contribution is -0.518. The minimum Gasteiger partial charge on any atom is -1.00 e. The minimum absolute atomic E-state index is 0. The van der Waals surface area contributed by atoms with E-state index in [0.717, 1.165) is 45.2 Å². The molecule has 0 spiro atoms. The molecule has 6 aromatic rings. The van der Waals surface area contributed by atoms with Crippen molar-refractivity contribution in [1.29, 1.82) is 0 Å². The van der Waals surface area contributed by atoms with Crippen molar-refractivity contribution >= 4 is 11.3 Å². The summed E-state index contributed by atoms with van der Waals surface area (Å²) in [6.45, 7) is 4.23. The first-order valence-corrected chi connectivity index (χ1v) is 11.3. The van der Waals surface area contributed by atoms with Crippen LogP contribution in [0.4, 0.5) is 0 Å². The molecule has 6 nitrogen and oxygen atoms in total. The molecule has 0 amide bonds. The Hall–Kier alpha value is -3.62. The first-order valence-electron chi connectivity index (χ1n) is 11.3. The average molecular weight is 604 g/mol. The maximum atomic E-state index is 4.82. The summed E-state index contributed by atoms with van der Waals surface area (Å²) in [5, 5.41) is 9.64. The van der Waals surface area contributed by atoms with Gasteiger partial charge in [-0.1, -0.05) is 82.1 Å². The van der Waals surface area contributed by atoms with Crippen LogP contribution in [0.3, 0.4) is 0 Å². The van der Waals surface area contributed by atoms with Gasteiger partial charge in [-0.25, -0.2) is 0 Å². The van der Waals surface area contributed by atoms with Gasteiger partial charge in [0, 0.05) is 37.1 Å². The van der Waals surface area contributed by atoms with E-state index < -0.39 is 0 Å². The Morgan fingerprint density at radius 1 is 0.500 bits per heavy atom. The quantitative estimate of drug-likeness (QED) is 0.191. The second-order valence-electron chi connectivity index (χ2n) is 8.26. The number of benzene rings is 2. The number of nitrogens with zero attached hydrogens (tertiary/aromatic N) is 6. The molecule has 4 heterocycles. The van der Waals surface area contributed by atoms with Crippen molar-refractivity contribution in [2.75, 3.05) is 0 Å². The van der Waals surface area contributed by atoms with E-state index in [0.29, 0.717) is 0 Å². The van der Waals surface area contributed by atoms with Gasteiger partial charge < -0.3 is 34.0 Å². The van der Waals surface area contributed by atoms with E-state index in [4.69, 9.17) is 10.4 Å². The van der Waals surface area contributed by atoms with Crippen LogP contribution >= 0.6 is 0 Å². The Morgan fingerprint density at radius 3 is 1.25 bits per heavy atom. The van der Waals surface area contributed by atoms with Gasteiger partial charge in [-0.2, -0.15) is 8.80 Å². The lowest BCUT2D eigenvalue weighted by Crippen LogP contribution is -3.00. The molecule has 0 aliphatic heterocycles. The smallest absolute Gasteiger partial charge is 0.314 e. The first kappa shape index (κ1) is 25.5. The number of hydrogen-bond acceptors (Lipinski definition) is 2. The minimum atomic E-state index is 0. The number of aryl methyl sites for hydroxylation is 2. The first-order chi connectivity index (χ1) is 16.7. The molecule has 0 atom stereocenters. The Bertz CT molecular complexity index is 1550. The lowest BCUT2D eigenvalue weighted by atomic mass is 10.1. The van der Waals surface area contributed by atoms with Gasteiger partial charge in [0.15, 0.2) is 11.4 Å². The number of rotatable bonds is 4. The second kappa shape index (κ2) is 10.6. The molecule has 0 saturated carbocycles. The molecule has 0 aliphatic carbocycles. The van der Waals surface area contributed by atoms with Gasteiger partial charge in [0.2, 0.25) is 11.4 Å². The van der Waals surface area contributed by atoms with Gasteiger partial charge in [0.05, 0.1) is 22.8 Å². The molecule has 4 aromatic heterocycles. The Balaban J connectivity index is 0.00000152. The fraction of sp³-hybridized carbons (Fsp3) is 0.0714. The summed E-state index contributed by atoms with van der Waals surface area (Å²) in [6.07, 6.45) is 4.12. The van der Waals surface area contributed by atoms with E-state index in [-0.39, 0.29) is 34.0 Å². The van der Waals surface area contributed by atoms with E-state index in [9.17, 15) is 0 Å². The number of fused-ring (bicyclic) bond motifs is 2. The van der Waals surface area contributed by atoms with Gasteiger partial charge in [-0.15, -0.1) is 0 Å². The average Bonchev–Trinajstić information content (AvgIpc) is 3.34. The third-order valence-corrected chi connectivity index (χ3v) is 6.26. The van der Waals surface area contributed by atoms with Crippen molar-refractivity contribution in [2.24, 2.45) is 10.4 Å². The predicted octanol–water partition coefficient (Wildman–Crippen LogP) is -0.596. The lowest BCUT2D eigenvalue weighted by Gasteiger charge is -1.98. The van der Waals surface area contributed by atoms with E-state index in [1.165, 1.54) is 0 Å². The summed E-state index contributed by atoms with van der Waals surface area (Å²) in [7, 11) is 0. The fourth-order valence-corrected chi connectivity index (χ4v) is 4.66. The Labute approximate surface area is 230 Å². The highest BCUT2D eigenvalue weighted by atomic mass is 79.9. The molecular weight excluding hydrogens is 580 g/mol. The van der Waals surface area contributed by atoms with E-state index in [1.807, 2.05) is 70.0 Å². The predicted molar refractivity (Wildman–Crippen MR) is 131 cm³/mol. The molecule has 6 rings (SSSR count). The SMILES string of the molecule is Cc1c(-c2ccccc2)n(N=Nn2c(-c3ccccc3)c(C)[n+]3ccccc23)c2cccc[n+]12.[Br-].[Br-]. The van der Waals surface area contributed by atoms with Gasteiger partial charge >= 0.3 is 11.3 Å². The number of hydrogen-bond donors (Lipinski definition) is 0. The number of halogens is 2. The maximum Gasteiger partial charge on any atom is 0.314 e. The molecule has 0 saturated heterocycles. The Morgan fingerprint density at radius 2 is 0.861 bits per heavy atom. The van der Waals surface area contributed by atoms with E-state index in [2.05, 4.69) is 71.4 Å². The molecule has 0 bridgehead atoms. The van der Waals surface area contributed by atoms with Crippen molar-refractivity contribution < 1.29 is 42.8 Å². The maximum absolute atomic E-state index is 4.82. The highest BCUT2D eigenvalue weighted by Crippen LogP contribution is 2.27. The topological polar surface area (TPSA) is 42.8 Å². The third-order valence-electron chi connectivity index (χ3n) is 6.26. The van der Waals surface area contributed by atoms with Crippen LogP contribution in [0.1, 0.15) is 11.4 Å². The van der Waals surface area contributed by atoms with Crippen molar-refractivity contribution in [3.05, 3.63) is 121 Å². The van der Waals surface area contributed by atoms with Crippen molar-refractivity contribution in [3.63, 3.8) is 0 Å². The number of pyridine rings is 2. The molecule has 0 aliphatic rings. The zero-order chi connectivity index (χ0) is 23.1. The zero-order valence-corrected chi connectivity index (χ0v) is 23.0. The third kappa shape index (κ3) is 4.16. The van der Waals surface area contributed by atoms with Crippen LogP contribution in [0.25, 0.3) is 33.8 Å². The molecule has 0 N–H and O–H groups in total. The summed E-state index contributed by atoms with van der Waals surface area (Å²) in [6, 6.07) is 32.9. The summed E-state index contributed by atoms with van der Waals surface area (Å²) < 4.78 is 8.14. The standard InChI is InChI=1S/C28H24N6.2BrH/c1-21-27(23-13-5-3-6-14-23)33(25-17-9-11-19-31(21)25)29-30-34-26-18-10-12-20-32(26)22(2)28(34)24-15-7-4-8-16-24;;/h3-20H,1-2H3;2*1H/q+2;;/p-2. The molecule has 8 heteroatoms. The van der Waals surface area contributed by atoms with Crippen molar-refractivity contribution in [3.8, 4) is 22.5 Å². The summed E-state index contributed by atoms with van der Waals surface area (Å²) in [4.78, 5) is 0. The van der Waals surface area contributed by atoms with Gasteiger partial charge in [-0.3, -0.25) is 0 Å². The van der Waals surface area contributed by atoms with E-state index in [1.54, 1.807) is 0 Å². The summed E-state index contributed by atoms with van der Waals surface area (Å²) >= 11 is 0. The summed E-state index contributed by atoms with van der Waals surface area (Å²) in [5.74, 6) is 0. The van der Waals surface area contributed by atoms with Crippen LogP contribution in [0.5, 0.6) is 0 Å². The Kier molecular flexibility index (Phi) is 7.47. The second-order valence-corrected chi connectivity index (χ2v) is 8.26. The molecule has 0 radical (unpaired) electrons. The van der Waals surface area contributed by atoms with Crippen LogP contribution in [0.2, 0.25) is 0 Å². The highest BCUT2D eigenvalue weighted by molar-refractivity contribution is 5.65. The molecule has 0 unspecified atom stereocenters. The van der Waals surface area contributed by atoms with Crippen LogP contribution in [-0.2, 0) is 0 Å². The molecule has 0 fully saturated rings. The fourth-order valence-electron chi connectivity index (χ4n) is 4.66. The van der Waals surface area contributed by atoms with Crippen molar-refractivity contribution in [2.45, 2.75) is 13.8 Å². The van der Waals surface area contributed by atoms with Crippen LogP contribution in [0.15, 0.2) is 120 Å². The normalized spacial score (nSPS) is 11.1. The molecular formula is C28H24Br2N6. The van der Waals surface area contributed by atoms with Gasteiger partial charge in [0.1, 0.15) is 0 Å². The molecule has 36 heavy (non-hydrogen) atoms. The molecule has 2 aromatic carbocycles. The largest absolute Gasteiger partial charge is 1.00 e. The van der Waals surface area contributed by atoms with Crippen LogP contribution < -0.4 is 42.8 Å². The van der Waals surface area contributed by atoms with Crippen LogP contribution in [-0.4, -0.2) is 9.35 Å². The number of aromatic nitrogens is 4. The van der Waals surface area contributed by atoms with Crippen molar-refractivity contribution in [1.82, 2.24) is 9.35 Å². The highest BCUT2D eigenvalue weighted by Gasteiger charge is 2.27. The molecule has 180 valence electrons.